The third-order valence-electron chi connectivity index (χ3n) is 3.22. The number of amides is 1. The zero-order valence-corrected chi connectivity index (χ0v) is 12.4. The van der Waals surface area contributed by atoms with Crippen molar-refractivity contribution in [2.24, 2.45) is 0 Å². The number of rotatable bonds is 6. The molecule has 0 aliphatic heterocycles. The Kier molecular flexibility index (Phi) is 5.21. The van der Waals surface area contributed by atoms with Crippen molar-refractivity contribution in [2.45, 2.75) is 6.92 Å². The summed E-state index contributed by atoms with van der Waals surface area (Å²) < 4.78 is 5.11. The molecule has 0 unspecified atom stereocenters. The number of nitrogens with zero attached hydrogens (tertiary/aromatic N) is 1. The van der Waals surface area contributed by atoms with E-state index in [1.165, 1.54) is 0 Å². The van der Waals surface area contributed by atoms with Crippen molar-refractivity contribution in [1.29, 1.82) is 0 Å². The normalized spacial score (nSPS) is 10.0. The summed E-state index contributed by atoms with van der Waals surface area (Å²) in [6, 6.07) is 17.2. The van der Waals surface area contributed by atoms with Gasteiger partial charge in [-0.15, -0.1) is 0 Å². The Morgan fingerprint density at radius 3 is 2.33 bits per heavy atom. The van der Waals surface area contributed by atoms with Crippen LogP contribution in [-0.4, -0.2) is 26.1 Å². The lowest BCUT2D eigenvalue weighted by atomic mass is 10.2. The number of hydrogen-bond donors (Lipinski definition) is 1. The van der Waals surface area contributed by atoms with E-state index >= 15 is 0 Å². The third-order valence-corrected chi connectivity index (χ3v) is 3.22. The average molecular weight is 284 g/mol. The van der Waals surface area contributed by atoms with Gasteiger partial charge in [-0.1, -0.05) is 18.2 Å². The quantitative estimate of drug-likeness (QED) is 0.886. The highest BCUT2D eigenvalue weighted by molar-refractivity contribution is 5.96. The molecule has 0 aliphatic carbocycles. The summed E-state index contributed by atoms with van der Waals surface area (Å²) in [4.78, 5) is 14.1. The topological polar surface area (TPSA) is 41.6 Å². The molecular formula is C17H20N2O2. The number of carbonyl (C=O) groups is 1. The minimum Gasteiger partial charge on any atom is -0.497 e. The highest BCUT2D eigenvalue weighted by Crippen LogP contribution is 2.16. The highest BCUT2D eigenvalue weighted by Gasteiger charge is 2.12. The van der Waals surface area contributed by atoms with Crippen LogP contribution in [0, 0.1) is 0 Å². The van der Waals surface area contributed by atoms with E-state index in [0.29, 0.717) is 6.54 Å². The fraction of sp³-hybridized carbons (Fsp3) is 0.235. The van der Waals surface area contributed by atoms with E-state index in [2.05, 4.69) is 5.32 Å². The molecule has 0 bridgehead atoms. The molecule has 2 aromatic carbocycles. The van der Waals surface area contributed by atoms with Crippen LogP contribution >= 0.6 is 0 Å². The second kappa shape index (κ2) is 7.33. The lowest BCUT2D eigenvalue weighted by molar-refractivity contribution is -0.116. The molecule has 4 heteroatoms. The van der Waals surface area contributed by atoms with E-state index in [1.807, 2.05) is 61.5 Å². The van der Waals surface area contributed by atoms with Crippen molar-refractivity contribution in [3.8, 4) is 5.75 Å². The summed E-state index contributed by atoms with van der Waals surface area (Å²) in [5, 5.41) is 3.13. The molecule has 0 aliphatic rings. The second-order valence-electron chi connectivity index (χ2n) is 4.56. The smallest absolute Gasteiger partial charge is 0.246 e. The van der Waals surface area contributed by atoms with Crippen LogP contribution in [0.3, 0.4) is 0 Å². The first-order valence-corrected chi connectivity index (χ1v) is 6.98. The summed E-state index contributed by atoms with van der Waals surface area (Å²) in [5.41, 5.74) is 1.81. The number of hydrogen-bond acceptors (Lipinski definition) is 3. The highest BCUT2D eigenvalue weighted by atomic mass is 16.5. The van der Waals surface area contributed by atoms with Crippen LogP contribution in [-0.2, 0) is 4.79 Å². The van der Waals surface area contributed by atoms with E-state index in [-0.39, 0.29) is 12.5 Å². The molecule has 1 amide bonds. The van der Waals surface area contributed by atoms with Gasteiger partial charge in [-0.05, 0) is 43.3 Å². The number of carbonyl (C=O) groups excluding carboxylic acids is 1. The Labute approximate surface area is 125 Å². The lowest BCUT2D eigenvalue weighted by Gasteiger charge is -2.21. The fourth-order valence-corrected chi connectivity index (χ4v) is 2.09. The number of likely N-dealkylation sites (N-methyl/N-ethyl adjacent to an activating group) is 1. The van der Waals surface area contributed by atoms with Gasteiger partial charge in [0.25, 0.3) is 0 Å². The van der Waals surface area contributed by atoms with Crippen molar-refractivity contribution in [1.82, 2.24) is 0 Å². The average Bonchev–Trinajstić information content (AvgIpc) is 2.55. The van der Waals surface area contributed by atoms with Crippen molar-refractivity contribution < 1.29 is 9.53 Å². The Morgan fingerprint density at radius 1 is 1.10 bits per heavy atom. The number of nitrogens with one attached hydrogen (secondary N) is 1. The van der Waals surface area contributed by atoms with Crippen LogP contribution in [0.25, 0.3) is 0 Å². The Morgan fingerprint density at radius 2 is 1.76 bits per heavy atom. The Bertz CT molecular complexity index is 567. The predicted molar refractivity (Wildman–Crippen MR) is 86.0 cm³/mol. The summed E-state index contributed by atoms with van der Waals surface area (Å²) in [7, 11) is 1.63. The van der Waals surface area contributed by atoms with Crippen molar-refractivity contribution >= 4 is 17.3 Å². The maximum atomic E-state index is 12.3. The number of para-hydroxylation sites is 1. The van der Waals surface area contributed by atoms with Gasteiger partial charge in [-0.3, -0.25) is 4.79 Å². The fourth-order valence-electron chi connectivity index (χ4n) is 2.09. The number of anilines is 2. The molecule has 0 saturated carbocycles. The van der Waals surface area contributed by atoms with Crippen LogP contribution in [0.4, 0.5) is 11.4 Å². The molecule has 0 spiro atoms. The molecule has 1 N–H and O–H groups in total. The van der Waals surface area contributed by atoms with Gasteiger partial charge in [-0.2, -0.15) is 0 Å². The first-order valence-electron chi connectivity index (χ1n) is 6.98. The first-order chi connectivity index (χ1) is 10.2. The summed E-state index contributed by atoms with van der Waals surface area (Å²) in [6.07, 6.45) is 0. The van der Waals surface area contributed by atoms with Crippen molar-refractivity contribution in [3.05, 3.63) is 54.6 Å². The van der Waals surface area contributed by atoms with Gasteiger partial charge >= 0.3 is 0 Å². The minimum atomic E-state index is 0.0412. The molecule has 0 aromatic heterocycles. The van der Waals surface area contributed by atoms with Gasteiger partial charge in [0, 0.05) is 17.9 Å². The van der Waals surface area contributed by atoms with Gasteiger partial charge in [0.15, 0.2) is 0 Å². The monoisotopic (exact) mass is 284 g/mol. The van der Waals surface area contributed by atoms with Crippen LogP contribution in [0.1, 0.15) is 6.92 Å². The number of methoxy groups -OCH3 is 1. The Hall–Kier alpha value is -2.49. The van der Waals surface area contributed by atoms with Crippen molar-refractivity contribution in [3.63, 3.8) is 0 Å². The van der Waals surface area contributed by atoms with Crippen LogP contribution in [0.5, 0.6) is 5.75 Å². The summed E-state index contributed by atoms with van der Waals surface area (Å²) >= 11 is 0. The summed E-state index contributed by atoms with van der Waals surface area (Å²) in [6.45, 7) is 2.88. The molecule has 4 nitrogen and oxygen atoms in total. The molecule has 2 rings (SSSR count). The maximum absolute atomic E-state index is 12.3. The van der Waals surface area contributed by atoms with E-state index in [9.17, 15) is 4.79 Å². The largest absolute Gasteiger partial charge is 0.497 e. The SMILES string of the molecule is CCN(C(=O)CNc1ccc(OC)cc1)c1ccccc1. The first kappa shape index (κ1) is 14.9. The van der Waals surface area contributed by atoms with E-state index in [4.69, 9.17) is 4.74 Å². The lowest BCUT2D eigenvalue weighted by Crippen LogP contribution is -2.35. The number of ether oxygens (including phenoxy) is 1. The molecule has 0 heterocycles. The summed E-state index contributed by atoms with van der Waals surface area (Å²) in [5.74, 6) is 0.839. The van der Waals surface area contributed by atoms with Crippen molar-refractivity contribution in [2.75, 3.05) is 30.4 Å². The molecule has 2 aromatic rings. The van der Waals surface area contributed by atoms with Crippen LogP contribution in [0.15, 0.2) is 54.6 Å². The van der Waals surface area contributed by atoms with Gasteiger partial charge in [0.1, 0.15) is 5.75 Å². The standard InChI is InChI=1S/C17H20N2O2/c1-3-19(15-7-5-4-6-8-15)17(20)13-18-14-9-11-16(21-2)12-10-14/h4-12,18H,3,13H2,1-2H3. The van der Waals surface area contributed by atoms with Gasteiger partial charge in [-0.25, -0.2) is 0 Å². The third kappa shape index (κ3) is 3.99. The second-order valence-corrected chi connectivity index (χ2v) is 4.56. The molecule has 110 valence electrons. The molecule has 0 saturated heterocycles. The zero-order chi connectivity index (χ0) is 15.1. The van der Waals surface area contributed by atoms with E-state index in [0.717, 1.165) is 17.1 Å². The predicted octanol–water partition coefficient (Wildman–Crippen LogP) is 3.16. The van der Waals surface area contributed by atoms with E-state index in [1.54, 1.807) is 12.0 Å². The maximum Gasteiger partial charge on any atom is 0.246 e. The Balaban J connectivity index is 1.96. The van der Waals surface area contributed by atoms with Crippen LogP contribution in [0.2, 0.25) is 0 Å². The van der Waals surface area contributed by atoms with Gasteiger partial charge < -0.3 is 15.0 Å². The van der Waals surface area contributed by atoms with Gasteiger partial charge in [0.05, 0.1) is 13.7 Å². The van der Waals surface area contributed by atoms with Crippen LogP contribution < -0.4 is 15.0 Å². The van der Waals surface area contributed by atoms with E-state index < -0.39 is 0 Å². The molecule has 0 atom stereocenters. The minimum absolute atomic E-state index is 0.0412. The molecule has 21 heavy (non-hydrogen) atoms. The van der Waals surface area contributed by atoms with Gasteiger partial charge in [0.2, 0.25) is 5.91 Å². The molecule has 0 radical (unpaired) electrons. The molecular weight excluding hydrogens is 264 g/mol. The number of benzene rings is 2. The zero-order valence-electron chi connectivity index (χ0n) is 12.4. The molecule has 0 fully saturated rings.